The molecule has 2 bridgehead atoms. The summed E-state index contributed by atoms with van der Waals surface area (Å²) in [7, 11) is 0. The predicted molar refractivity (Wildman–Crippen MR) is 173 cm³/mol. The molecule has 4 aliphatic heterocycles. The van der Waals surface area contributed by atoms with E-state index in [4.69, 9.17) is 9.72 Å². The number of fused-ring (bicyclic) bond motifs is 3. The maximum Gasteiger partial charge on any atom is 0.284 e. The van der Waals surface area contributed by atoms with Crippen molar-refractivity contribution in [2.24, 2.45) is 0 Å². The van der Waals surface area contributed by atoms with Gasteiger partial charge in [0.05, 0.1) is 36.7 Å². The van der Waals surface area contributed by atoms with Crippen molar-refractivity contribution in [1.82, 2.24) is 34.6 Å². The van der Waals surface area contributed by atoms with Gasteiger partial charge in [-0.1, -0.05) is 12.1 Å². The van der Waals surface area contributed by atoms with Gasteiger partial charge in [-0.05, 0) is 49.4 Å². The van der Waals surface area contributed by atoms with Gasteiger partial charge < -0.3 is 20.3 Å². The van der Waals surface area contributed by atoms with Crippen LogP contribution in [0, 0.1) is 0 Å². The quantitative estimate of drug-likeness (QED) is 0.226. The van der Waals surface area contributed by atoms with E-state index in [1.807, 2.05) is 30.3 Å². The minimum Gasteiger partial charge on any atom is -0.374 e. The molecule has 3 N–H and O–H groups in total. The number of hydrogen-bond donors (Lipinski definition) is 3. The lowest BCUT2D eigenvalue weighted by Gasteiger charge is -2.32. The number of carbonyl (C=O) groups is 3. The first-order chi connectivity index (χ1) is 23.8. The third-order valence-electron chi connectivity index (χ3n) is 9.85. The average molecular weight is 675 g/mol. The monoisotopic (exact) mass is 674 g/mol. The minimum absolute atomic E-state index is 0.0349. The van der Waals surface area contributed by atoms with Crippen molar-refractivity contribution in [3.63, 3.8) is 0 Å². The molecule has 7 heterocycles. The number of hydrogen-bond acceptors (Lipinski definition) is 10. The fourth-order valence-corrected chi connectivity index (χ4v) is 7.29. The number of morpholine rings is 1. The molecule has 1 unspecified atom stereocenters. The van der Waals surface area contributed by atoms with Crippen LogP contribution in [0.15, 0.2) is 48.9 Å². The molecule has 0 spiro atoms. The number of piperidine rings is 2. The maximum absolute atomic E-state index is 14.2. The summed E-state index contributed by atoms with van der Waals surface area (Å²) in [5.41, 5.74) is 1.88. The molecule has 0 aliphatic carbocycles. The van der Waals surface area contributed by atoms with Crippen LogP contribution >= 0.6 is 0 Å². The van der Waals surface area contributed by atoms with Crippen LogP contribution in [-0.2, 0) is 20.9 Å². The molecule has 49 heavy (non-hydrogen) atoms. The smallest absolute Gasteiger partial charge is 0.284 e. The molecule has 3 amide bonds. The summed E-state index contributed by atoms with van der Waals surface area (Å²) >= 11 is 0. The standard InChI is InChI=1S/C33H36F2N10O4/c34-30(35)29-26(38-32(47)24-14-36-44-11-8-27(39-31(24)44)43-16-23-13-22(43)18-49-23)17-45(41-29)21-6-9-42(10-7-21)15-19-2-1-3-20(12-19)37-25-4-5-28(46)40-33(25)48/h1-3,8,11-12,14,17,21-23,25,30,37H,4-7,9-10,13,15-16,18H2,(H,38,47)(H,40,46,48)/t22-,23-,25?/m1/s1. The fraction of sp³-hybridized carbons (Fsp3) is 0.455. The van der Waals surface area contributed by atoms with Crippen LogP contribution in [0.1, 0.15) is 66.2 Å². The van der Waals surface area contributed by atoms with Crippen molar-refractivity contribution in [2.45, 2.75) is 69.3 Å². The van der Waals surface area contributed by atoms with Gasteiger partial charge in [0.15, 0.2) is 11.3 Å². The topological polar surface area (TPSA) is 151 Å². The summed E-state index contributed by atoms with van der Waals surface area (Å²) < 4.78 is 37.1. The number of carbonyl (C=O) groups excluding carboxylic acids is 3. The molecule has 16 heteroatoms. The Bertz CT molecular complexity index is 1900. The number of halogens is 2. The van der Waals surface area contributed by atoms with Gasteiger partial charge in [-0.2, -0.15) is 10.2 Å². The maximum atomic E-state index is 14.2. The first-order valence-electron chi connectivity index (χ1n) is 16.6. The minimum atomic E-state index is -2.88. The van der Waals surface area contributed by atoms with E-state index >= 15 is 0 Å². The Kier molecular flexibility index (Phi) is 8.19. The van der Waals surface area contributed by atoms with Gasteiger partial charge in [-0.25, -0.2) is 18.3 Å². The summed E-state index contributed by atoms with van der Waals surface area (Å²) in [6.07, 6.45) is 5.01. The van der Waals surface area contributed by atoms with Gasteiger partial charge in [0.2, 0.25) is 11.8 Å². The van der Waals surface area contributed by atoms with E-state index in [0.29, 0.717) is 44.5 Å². The second-order valence-electron chi connectivity index (χ2n) is 13.1. The number of amides is 3. The van der Waals surface area contributed by atoms with Crippen molar-refractivity contribution < 1.29 is 27.9 Å². The van der Waals surface area contributed by atoms with Gasteiger partial charge in [0.25, 0.3) is 12.3 Å². The third kappa shape index (κ3) is 6.33. The highest BCUT2D eigenvalue weighted by molar-refractivity contribution is 6.08. The number of benzene rings is 1. The Morgan fingerprint density at radius 2 is 1.98 bits per heavy atom. The SMILES string of the molecule is O=C1CCC(Nc2cccc(CN3CCC(n4cc(NC(=O)c5cnn6ccc(N7C[C@H]8C[C@@H]7CO8)nc56)c(C(F)F)n4)CC3)c2)C(=O)N1. The Hall–Kier alpha value is -4.96. The number of imide groups is 1. The Balaban J connectivity index is 0.907. The molecule has 4 aromatic rings. The number of nitrogens with zero attached hydrogens (tertiary/aromatic N) is 7. The normalized spacial score (nSPS) is 23.1. The lowest BCUT2D eigenvalue weighted by Crippen LogP contribution is -2.47. The van der Waals surface area contributed by atoms with Gasteiger partial charge in [-0.3, -0.25) is 29.3 Å². The zero-order valence-electron chi connectivity index (χ0n) is 26.6. The van der Waals surface area contributed by atoms with E-state index in [2.05, 4.69) is 35.9 Å². The van der Waals surface area contributed by atoms with Crippen LogP contribution in [0.4, 0.5) is 26.0 Å². The van der Waals surface area contributed by atoms with Gasteiger partial charge in [0.1, 0.15) is 17.4 Å². The van der Waals surface area contributed by atoms with Crippen LogP contribution in [0.3, 0.4) is 0 Å². The van der Waals surface area contributed by atoms with E-state index in [1.54, 1.807) is 10.9 Å². The number of ether oxygens (including phenoxy) is 1. The molecular weight excluding hydrogens is 638 g/mol. The van der Waals surface area contributed by atoms with Crippen LogP contribution in [0.25, 0.3) is 5.65 Å². The highest BCUT2D eigenvalue weighted by atomic mass is 19.3. The number of aromatic nitrogens is 5. The molecule has 14 nitrogen and oxygen atoms in total. The van der Waals surface area contributed by atoms with Crippen LogP contribution in [0.5, 0.6) is 0 Å². The van der Waals surface area contributed by atoms with E-state index < -0.39 is 24.1 Å². The highest BCUT2D eigenvalue weighted by Crippen LogP contribution is 2.33. The molecule has 1 aromatic carbocycles. The molecule has 4 saturated heterocycles. The second-order valence-corrected chi connectivity index (χ2v) is 13.1. The number of alkyl halides is 2. The molecule has 0 radical (unpaired) electrons. The van der Waals surface area contributed by atoms with E-state index in [-0.39, 0.29) is 41.3 Å². The molecule has 256 valence electrons. The zero-order chi connectivity index (χ0) is 33.6. The fourth-order valence-electron chi connectivity index (χ4n) is 7.29. The molecule has 8 rings (SSSR count). The Labute approximate surface area is 279 Å². The summed E-state index contributed by atoms with van der Waals surface area (Å²) in [6, 6.07) is 9.36. The first kappa shape index (κ1) is 31.3. The van der Waals surface area contributed by atoms with E-state index in [0.717, 1.165) is 43.1 Å². The average Bonchev–Trinajstić information content (AvgIpc) is 3.90. The summed E-state index contributed by atoms with van der Waals surface area (Å²) in [5.74, 6) is -0.433. The number of anilines is 3. The van der Waals surface area contributed by atoms with Crippen molar-refractivity contribution in [3.8, 4) is 0 Å². The van der Waals surface area contributed by atoms with E-state index in [1.165, 1.54) is 16.9 Å². The predicted octanol–water partition coefficient (Wildman–Crippen LogP) is 3.15. The third-order valence-corrected chi connectivity index (χ3v) is 9.85. The highest BCUT2D eigenvalue weighted by Gasteiger charge is 2.40. The Morgan fingerprint density at radius 3 is 2.73 bits per heavy atom. The zero-order valence-corrected chi connectivity index (χ0v) is 26.6. The molecular formula is C33H36F2N10O4. The molecule has 0 saturated carbocycles. The van der Waals surface area contributed by atoms with Gasteiger partial charge in [-0.15, -0.1) is 0 Å². The molecule has 3 atom stereocenters. The van der Waals surface area contributed by atoms with Crippen LogP contribution in [0.2, 0.25) is 0 Å². The number of rotatable bonds is 9. The van der Waals surface area contributed by atoms with Crippen molar-refractivity contribution in [2.75, 3.05) is 41.8 Å². The molecule has 3 aromatic heterocycles. The van der Waals surface area contributed by atoms with Gasteiger partial charge in [0, 0.05) is 50.7 Å². The summed E-state index contributed by atoms with van der Waals surface area (Å²) in [5, 5.41) is 16.7. The van der Waals surface area contributed by atoms with Crippen LogP contribution in [-0.4, -0.2) is 91.4 Å². The molecule has 4 fully saturated rings. The van der Waals surface area contributed by atoms with E-state index in [9.17, 15) is 23.2 Å². The van der Waals surface area contributed by atoms with Crippen molar-refractivity contribution in [3.05, 3.63) is 65.7 Å². The summed E-state index contributed by atoms with van der Waals surface area (Å²) in [6.45, 7) is 3.51. The largest absolute Gasteiger partial charge is 0.374 e. The van der Waals surface area contributed by atoms with Crippen LogP contribution < -0.4 is 20.9 Å². The summed E-state index contributed by atoms with van der Waals surface area (Å²) in [4.78, 5) is 46.2. The first-order valence-corrected chi connectivity index (χ1v) is 16.6. The number of likely N-dealkylation sites (tertiary alicyclic amines) is 1. The lowest BCUT2D eigenvalue weighted by molar-refractivity contribution is -0.133. The van der Waals surface area contributed by atoms with Crippen molar-refractivity contribution >= 4 is 40.6 Å². The molecule has 4 aliphatic rings. The second kappa shape index (κ2) is 12.8. The lowest BCUT2D eigenvalue weighted by atomic mass is 10.0. The number of nitrogens with one attached hydrogen (secondary N) is 3. The van der Waals surface area contributed by atoms with Gasteiger partial charge >= 0.3 is 0 Å². The van der Waals surface area contributed by atoms with Crippen molar-refractivity contribution in [1.29, 1.82) is 0 Å². The Morgan fingerprint density at radius 1 is 1.12 bits per heavy atom.